The Labute approximate surface area is 360 Å². The van der Waals surface area contributed by atoms with Gasteiger partial charge < -0.3 is 9.13 Å². The third kappa shape index (κ3) is 4.93. The largest absolute Gasteiger partial charge is 0.309 e. The number of nitrogens with zero attached hydrogens (tertiary/aromatic N) is 5. The summed E-state index contributed by atoms with van der Waals surface area (Å²) in [6.07, 6.45) is 0. The summed E-state index contributed by atoms with van der Waals surface area (Å²) in [5, 5.41) is 12.0. The summed E-state index contributed by atoms with van der Waals surface area (Å²) < 4.78 is 7.16. The van der Waals surface area contributed by atoms with Crippen LogP contribution < -0.4 is 0 Å². The molecule has 14 aromatic rings. The first kappa shape index (κ1) is 34.2. The van der Waals surface area contributed by atoms with Crippen molar-refractivity contribution in [2.24, 2.45) is 0 Å². The Bertz CT molecular complexity index is 4210. The fraction of sp³-hybridized carbons (Fsp3) is 0. The minimum atomic E-state index is 0.802. The van der Waals surface area contributed by atoms with E-state index in [1.807, 2.05) is 12.1 Å². The molecule has 0 amide bonds. The Hall–Kier alpha value is -8.54. The normalized spacial score (nSPS) is 12.1. The highest BCUT2D eigenvalue weighted by Gasteiger charge is 2.23. The maximum atomic E-state index is 5.51. The van der Waals surface area contributed by atoms with E-state index in [0.717, 1.165) is 61.4 Å². The molecule has 292 valence electrons. The van der Waals surface area contributed by atoms with Crippen LogP contribution in [0.5, 0.6) is 0 Å². The number of para-hydroxylation sites is 6. The SMILES string of the molecule is c1ccc(-n2c3ccccc3c3cc(-c4nc5ccccc5nc4-n4c5ccccc5c5cc6c(-n7c8ccccc8c8cc9ccccc9cc87)cccc6cc54)ccc32)cc1. The van der Waals surface area contributed by atoms with E-state index < -0.39 is 0 Å². The van der Waals surface area contributed by atoms with Gasteiger partial charge in [-0.15, -0.1) is 0 Å². The minimum Gasteiger partial charge on any atom is -0.309 e. The van der Waals surface area contributed by atoms with E-state index in [1.54, 1.807) is 0 Å². The fourth-order valence-electron chi connectivity index (χ4n) is 10.4. The maximum Gasteiger partial charge on any atom is 0.165 e. The first-order chi connectivity index (χ1) is 31.2. The van der Waals surface area contributed by atoms with Gasteiger partial charge in [-0.25, -0.2) is 9.97 Å². The van der Waals surface area contributed by atoms with Gasteiger partial charge in [0.2, 0.25) is 0 Å². The van der Waals surface area contributed by atoms with Crippen LogP contribution in [0.15, 0.2) is 212 Å². The van der Waals surface area contributed by atoms with Gasteiger partial charge in [0.1, 0.15) is 5.69 Å². The van der Waals surface area contributed by atoms with E-state index in [0.29, 0.717) is 0 Å². The fourth-order valence-corrected chi connectivity index (χ4v) is 10.4. The van der Waals surface area contributed by atoms with E-state index in [9.17, 15) is 0 Å². The summed E-state index contributed by atoms with van der Waals surface area (Å²) >= 11 is 0. The number of benzene rings is 10. The van der Waals surface area contributed by atoms with Crippen molar-refractivity contribution in [3.63, 3.8) is 0 Å². The van der Waals surface area contributed by atoms with Crippen LogP contribution in [0.1, 0.15) is 0 Å². The van der Waals surface area contributed by atoms with Gasteiger partial charge in [0.05, 0.1) is 49.8 Å². The Morgan fingerprint density at radius 2 is 0.810 bits per heavy atom. The lowest BCUT2D eigenvalue weighted by Crippen LogP contribution is -2.04. The molecular weight excluding hydrogens is 767 g/mol. The summed E-state index contributed by atoms with van der Waals surface area (Å²) in [6, 6.07) is 76.6. The summed E-state index contributed by atoms with van der Waals surface area (Å²) in [5.41, 5.74) is 12.7. The Morgan fingerprint density at radius 3 is 1.56 bits per heavy atom. The van der Waals surface area contributed by atoms with Crippen molar-refractivity contribution in [1.82, 2.24) is 23.7 Å². The summed E-state index contributed by atoms with van der Waals surface area (Å²) in [4.78, 5) is 11.0. The van der Waals surface area contributed by atoms with Crippen LogP contribution in [0.4, 0.5) is 0 Å². The zero-order valence-electron chi connectivity index (χ0n) is 33.9. The van der Waals surface area contributed by atoms with Gasteiger partial charge in [-0.3, -0.25) is 4.57 Å². The van der Waals surface area contributed by atoms with Crippen LogP contribution in [0.3, 0.4) is 0 Å². The highest BCUT2D eigenvalue weighted by atomic mass is 15.1. The smallest absolute Gasteiger partial charge is 0.165 e. The average molecular weight is 802 g/mol. The van der Waals surface area contributed by atoms with Crippen molar-refractivity contribution in [2.45, 2.75) is 0 Å². The topological polar surface area (TPSA) is 40.6 Å². The standard InChI is InChI=1S/C58H35N5/c1-2-18-40(19-3-1)61-50-25-11-6-20-41(50)45-32-39(29-30-54(45)61)57-58(60-49-24-10-9-23-48(49)59-57)63-52-27-13-8-22-43(52)47-35-44-38(34-56(47)63)17-14-28-53(44)62-51-26-12-7-21-42(51)46-31-36-15-4-5-16-37(36)33-55(46)62/h1-35H. The van der Waals surface area contributed by atoms with Crippen molar-refractivity contribution in [1.29, 1.82) is 0 Å². The molecule has 5 nitrogen and oxygen atoms in total. The van der Waals surface area contributed by atoms with E-state index in [1.165, 1.54) is 65.0 Å². The monoisotopic (exact) mass is 801 g/mol. The second kappa shape index (κ2) is 13.0. The average Bonchev–Trinajstić information content (AvgIpc) is 3.97. The summed E-state index contributed by atoms with van der Waals surface area (Å²) in [5.74, 6) is 0.802. The van der Waals surface area contributed by atoms with Gasteiger partial charge in [0.25, 0.3) is 0 Å². The number of hydrogen-bond donors (Lipinski definition) is 0. The van der Waals surface area contributed by atoms with Gasteiger partial charge in [-0.1, -0.05) is 127 Å². The molecule has 0 saturated heterocycles. The highest BCUT2D eigenvalue weighted by molar-refractivity contribution is 6.18. The van der Waals surface area contributed by atoms with E-state index in [2.05, 4.69) is 214 Å². The molecule has 10 aromatic carbocycles. The molecule has 0 bridgehead atoms. The lowest BCUT2D eigenvalue weighted by Gasteiger charge is -2.15. The molecule has 5 heteroatoms. The minimum absolute atomic E-state index is 0.802. The van der Waals surface area contributed by atoms with Crippen LogP contribution >= 0.6 is 0 Å². The predicted octanol–water partition coefficient (Wildman–Crippen LogP) is 14.9. The number of rotatable bonds is 4. The molecule has 0 spiro atoms. The first-order valence-electron chi connectivity index (χ1n) is 21.5. The predicted molar refractivity (Wildman–Crippen MR) is 263 cm³/mol. The molecule has 0 fully saturated rings. The van der Waals surface area contributed by atoms with Crippen molar-refractivity contribution in [2.75, 3.05) is 0 Å². The van der Waals surface area contributed by atoms with E-state index >= 15 is 0 Å². The van der Waals surface area contributed by atoms with Crippen LogP contribution in [-0.2, 0) is 0 Å². The molecule has 0 radical (unpaired) electrons. The second-order valence-corrected chi connectivity index (χ2v) is 16.6. The summed E-state index contributed by atoms with van der Waals surface area (Å²) in [7, 11) is 0. The van der Waals surface area contributed by atoms with Crippen molar-refractivity contribution in [3.05, 3.63) is 212 Å². The quantitative estimate of drug-likeness (QED) is 0.178. The zero-order valence-corrected chi connectivity index (χ0v) is 33.9. The summed E-state index contributed by atoms with van der Waals surface area (Å²) in [6.45, 7) is 0. The Kier molecular flexibility index (Phi) is 7.05. The third-order valence-corrected chi connectivity index (χ3v) is 13.2. The molecule has 14 rings (SSSR count). The van der Waals surface area contributed by atoms with Crippen molar-refractivity contribution in [3.8, 4) is 28.5 Å². The van der Waals surface area contributed by atoms with Gasteiger partial charge in [0.15, 0.2) is 5.82 Å². The molecular formula is C58H35N5. The van der Waals surface area contributed by atoms with Gasteiger partial charge in [0, 0.05) is 49.0 Å². The molecule has 0 N–H and O–H groups in total. The molecule has 4 aromatic heterocycles. The number of fused-ring (bicyclic) bond motifs is 12. The van der Waals surface area contributed by atoms with Gasteiger partial charge >= 0.3 is 0 Å². The molecule has 0 unspecified atom stereocenters. The van der Waals surface area contributed by atoms with Crippen molar-refractivity contribution < 1.29 is 0 Å². The molecule has 0 saturated carbocycles. The molecule has 0 aliphatic heterocycles. The number of hydrogen-bond acceptors (Lipinski definition) is 2. The highest BCUT2D eigenvalue weighted by Crippen LogP contribution is 2.42. The number of aromatic nitrogens is 5. The third-order valence-electron chi connectivity index (χ3n) is 13.2. The lowest BCUT2D eigenvalue weighted by atomic mass is 10.0. The van der Waals surface area contributed by atoms with E-state index in [-0.39, 0.29) is 0 Å². The second-order valence-electron chi connectivity index (χ2n) is 16.6. The molecule has 63 heavy (non-hydrogen) atoms. The van der Waals surface area contributed by atoms with Crippen molar-refractivity contribution >= 4 is 98.0 Å². The Morgan fingerprint density at radius 1 is 0.286 bits per heavy atom. The lowest BCUT2D eigenvalue weighted by molar-refractivity contribution is 1.08. The van der Waals surface area contributed by atoms with Gasteiger partial charge in [-0.2, -0.15) is 0 Å². The van der Waals surface area contributed by atoms with Crippen LogP contribution in [0, 0.1) is 0 Å². The van der Waals surface area contributed by atoms with Crippen LogP contribution in [0.2, 0.25) is 0 Å². The van der Waals surface area contributed by atoms with Crippen LogP contribution in [0.25, 0.3) is 126 Å². The molecule has 4 heterocycles. The molecule has 0 aliphatic carbocycles. The molecule has 0 atom stereocenters. The molecule has 0 aliphatic rings. The maximum absolute atomic E-state index is 5.51. The Balaban J connectivity index is 1.04. The zero-order chi connectivity index (χ0) is 41.2. The van der Waals surface area contributed by atoms with Gasteiger partial charge in [-0.05, 0) is 101 Å². The van der Waals surface area contributed by atoms with Crippen LogP contribution in [-0.4, -0.2) is 23.7 Å². The first-order valence-corrected chi connectivity index (χ1v) is 21.5. The van der Waals surface area contributed by atoms with E-state index in [4.69, 9.17) is 9.97 Å².